The van der Waals surface area contributed by atoms with E-state index in [0.717, 1.165) is 32.9 Å². The van der Waals surface area contributed by atoms with Crippen molar-refractivity contribution in [1.29, 1.82) is 0 Å². The Bertz CT molecular complexity index is 1200. The van der Waals surface area contributed by atoms with Gasteiger partial charge in [0.15, 0.2) is 6.23 Å². The first-order valence-electron chi connectivity index (χ1n) is 8.49. The molecule has 0 bridgehead atoms. The molecule has 0 spiro atoms. The van der Waals surface area contributed by atoms with Gasteiger partial charge in [-0.2, -0.15) is 0 Å². The van der Waals surface area contributed by atoms with Crippen molar-refractivity contribution >= 4 is 38.9 Å². The highest BCUT2D eigenvalue weighted by Gasteiger charge is 2.38. The second kappa shape index (κ2) is 5.34. The predicted octanol–water partition coefficient (Wildman–Crippen LogP) is 3.35. The van der Waals surface area contributed by atoms with Gasteiger partial charge in [0, 0.05) is 57.9 Å². The van der Waals surface area contributed by atoms with E-state index in [-0.39, 0.29) is 5.91 Å². The largest absolute Gasteiger partial charge is 0.369 e. The molecule has 0 radical (unpaired) electrons. The third-order valence-corrected chi connectivity index (χ3v) is 5.17. The van der Waals surface area contributed by atoms with Crippen molar-refractivity contribution < 1.29 is 9.90 Å². The fraction of sp³-hybridized carbons (Fsp3) is 0.0952. The Morgan fingerprint density at radius 2 is 1.42 bits per heavy atom. The topological polar surface area (TPSA) is 72.1 Å². The van der Waals surface area contributed by atoms with Crippen LogP contribution >= 0.6 is 0 Å². The zero-order valence-corrected chi connectivity index (χ0v) is 14.2. The highest BCUT2D eigenvalue weighted by Crippen LogP contribution is 2.41. The summed E-state index contributed by atoms with van der Waals surface area (Å²) in [5.41, 5.74) is 4.79. The van der Waals surface area contributed by atoms with Gasteiger partial charge in [-0.3, -0.25) is 4.79 Å². The normalized spacial score (nSPS) is 17.8. The number of likely N-dealkylation sites (N-methyl/N-ethyl adjacent to an activating group) is 1. The summed E-state index contributed by atoms with van der Waals surface area (Å²) in [5, 5.41) is 12.8. The summed E-state index contributed by atoms with van der Waals surface area (Å²) >= 11 is 0. The number of hydrogen-bond donors (Lipinski definition) is 3. The molecule has 26 heavy (non-hydrogen) atoms. The molecule has 128 valence electrons. The van der Waals surface area contributed by atoms with Gasteiger partial charge < -0.3 is 20.0 Å². The van der Waals surface area contributed by atoms with E-state index >= 15 is 0 Å². The molecule has 0 saturated carbocycles. The van der Waals surface area contributed by atoms with Crippen molar-refractivity contribution in [2.45, 2.75) is 6.23 Å². The van der Waals surface area contributed by atoms with E-state index in [9.17, 15) is 9.90 Å². The molecule has 1 aliphatic rings. The van der Waals surface area contributed by atoms with E-state index in [1.807, 2.05) is 60.9 Å². The Labute approximate surface area is 149 Å². The lowest BCUT2D eigenvalue weighted by molar-refractivity contribution is -0.127. The van der Waals surface area contributed by atoms with E-state index < -0.39 is 6.23 Å². The van der Waals surface area contributed by atoms with E-state index in [1.54, 1.807) is 7.05 Å². The number of nitrogens with one attached hydrogen (secondary N) is 2. The van der Waals surface area contributed by atoms with Crippen molar-refractivity contribution in [3.8, 4) is 0 Å². The van der Waals surface area contributed by atoms with E-state index in [2.05, 4.69) is 9.97 Å². The number of fused-ring (bicyclic) bond motifs is 2. The van der Waals surface area contributed by atoms with Crippen LogP contribution in [-0.2, 0) is 4.79 Å². The molecule has 3 heterocycles. The number of rotatable bonds is 2. The standard InChI is InChI=1S/C21H17N3O2/c1-24-20(25)18(14-10-22-16-8-4-2-6-12(14)16)19(21(24)26)15-11-23-17-9-5-3-7-13(15)17/h2-11,20,22-23,25H,1H3. The van der Waals surface area contributed by atoms with Crippen molar-refractivity contribution in [3.63, 3.8) is 0 Å². The molecule has 2 aromatic carbocycles. The molecule has 1 amide bonds. The number of aliphatic hydroxyl groups excluding tert-OH is 1. The zero-order chi connectivity index (χ0) is 17.8. The maximum atomic E-state index is 13.0. The van der Waals surface area contributed by atoms with Gasteiger partial charge in [-0.1, -0.05) is 36.4 Å². The summed E-state index contributed by atoms with van der Waals surface area (Å²) in [6, 6.07) is 15.8. The first-order chi connectivity index (χ1) is 12.7. The quantitative estimate of drug-likeness (QED) is 0.522. The molecule has 5 rings (SSSR count). The third-order valence-electron chi connectivity index (χ3n) is 5.17. The van der Waals surface area contributed by atoms with Gasteiger partial charge in [0.05, 0.1) is 5.57 Å². The number of aliphatic hydroxyl groups is 1. The van der Waals surface area contributed by atoms with Gasteiger partial charge in [0.1, 0.15) is 0 Å². The Balaban J connectivity index is 1.85. The van der Waals surface area contributed by atoms with Crippen molar-refractivity contribution in [3.05, 3.63) is 72.1 Å². The van der Waals surface area contributed by atoms with Gasteiger partial charge in [0.25, 0.3) is 5.91 Å². The molecule has 0 fully saturated rings. The minimum absolute atomic E-state index is 0.178. The summed E-state index contributed by atoms with van der Waals surface area (Å²) in [4.78, 5) is 20.8. The Morgan fingerprint density at radius 3 is 2.08 bits per heavy atom. The number of para-hydroxylation sites is 2. The fourth-order valence-electron chi connectivity index (χ4n) is 3.83. The molecule has 4 aromatic rings. The maximum absolute atomic E-state index is 13.0. The highest BCUT2D eigenvalue weighted by molar-refractivity contribution is 6.33. The average Bonchev–Trinajstić information content (AvgIpc) is 3.33. The lowest BCUT2D eigenvalue weighted by Gasteiger charge is -2.16. The van der Waals surface area contributed by atoms with Crippen LogP contribution in [0, 0.1) is 0 Å². The van der Waals surface area contributed by atoms with E-state index in [1.165, 1.54) is 4.90 Å². The molecule has 1 atom stereocenters. The van der Waals surface area contributed by atoms with Crippen molar-refractivity contribution in [1.82, 2.24) is 14.9 Å². The smallest absolute Gasteiger partial charge is 0.257 e. The van der Waals surface area contributed by atoms with Crippen LogP contribution in [0.1, 0.15) is 11.1 Å². The minimum atomic E-state index is -0.981. The number of aromatic amines is 2. The Kier molecular flexibility index (Phi) is 3.08. The zero-order valence-electron chi connectivity index (χ0n) is 14.2. The molecule has 3 N–H and O–H groups in total. The van der Waals surface area contributed by atoms with Crippen LogP contribution in [-0.4, -0.2) is 39.2 Å². The average molecular weight is 343 g/mol. The molecule has 5 heteroatoms. The lowest BCUT2D eigenvalue weighted by Crippen LogP contribution is -2.30. The minimum Gasteiger partial charge on any atom is -0.369 e. The van der Waals surface area contributed by atoms with Crippen LogP contribution in [0.15, 0.2) is 60.9 Å². The lowest BCUT2D eigenvalue weighted by atomic mass is 9.95. The number of carbonyl (C=O) groups is 1. The Morgan fingerprint density at radius 1 is 0.885 bits per heavy atom. The number of nitrogens with zero attached hydrogens (tertiary/aromatic N) is 1. The van der Waals surface area contributed by atoms with Crippen LogP contribution < -0.4 is 0 Å². The van der Waals surface area contributed by atoms with Gasteiger partial charge in [-0.15, -0.1) is 0 Å². The van der Waals surface area contributed by atoms with Crippen LogP contribution in [0.5, 0.6) is 0 Å². The number of H-pyrrole nitrogens is 2. The van der Waals surface area contributed by atoms with Gasteiger partial charge in [-0.05, 0) is 12.1 Å². The van der Waals surface area contributed by atoms with Crippen LogP contribution in [0.3, 0.4) is 0 Å². The number of benzene rings is 2. The van der Waals surface area contributed by atoms with E-state index in [0.29, 0.717) is 11.1 Å². The first kappa shape index (κ1) is 15.0. The summed E-state index contributed by atoms with van der Waals surface area (Å²) in [5.74, 6) is -0.178. The highest BCUT2D eigenvalue weighted by atomic mass is 16.3. The van der Waals surface area contributed by atoms with Crippen LogP contribution in [0.25, 0.3) is 33.0 Å². The van der Waals surface area contributed by atoms with Crippen molar-refractivity contribution in [2.24, 2.45) is 0 Å². The fourth-order valence-corrected chi connectivity index (χ4v) is 3.83. The Hall–Kier alpha value is -3.31. The second-order valence-electron chi connectivity index (χ2n) is 6.57. The van der Waals surface area contributed by atoms with Crippen molar-refractivity contribution in [2.75, 3.05) is 7.05 Å². The van der Waals surface area contributed by atoms with Crippen LogP contribution in [0.2, 0.25) is 0 Å². The summed E-state index contributed by atoms with van der Waals surface area (Å²) in [7, 11) is 1.63. The van der Waals surface area contributed by atoms with Gasteiger partial charge in [-0.25, -0.2) is 0 Å². The van der Waals surface area contributed by atoms with Gasteiger partial charge >= 0.3 is 0 Å². The summed E-state index contributed by atoms with van der Waals surface area (Å²) in [6.07, 6.45) is 2.73. The number of carbonyl (C=O) groups excluding carboxylic acids is 1. The third kappa shape index (κ3) is 1.92. The molecule has 1 unspecified atom stereocenters. The summed E-state index contributed by atoms with van der Waals surface area (Å²) in [6.45, 7) is 0. The monoisotopic (exact) mass is 343 g/mol. The molecule has 0 saturated heterocycles. The molecule has 1 aliphatic heterocycles. The first-order valence-corrected chi connectivity index (χ1v) is 8.49. The molecule has 5 nitrogen and oxygen atoms in total. The molecular formula is C21H17N3O2. The number of aromatic nitrogens is 2. The van der Waals surface area contributed by atoms with E-state index in [4.69, 9.17) is 0 Å². The number of amides is 1. The maximum Gasteiger partial charge on any atom is 0.257 e. The SMILES string of the molecule is CN1C(=O)C(c2c[nH]c3ccccc23)=C(c2c[nH]c3ccccc23)C1O. The molecule has 0 aliphatic carbocycles. The molecular weight excluding hydrogens is 326 g/mol. The predicted molar refractivity (Wildman–Crippen MR) is 102 cm³/mol. The molecule has 2 aromatic heterocycles. The number of hydrogen-bond acceptors (Lipinski definition) is 2. The van der Waals surface area contributed by atoms with Crippen LogP contribution in [0.4, 0.5) is 0 Å². The second-order valence-corrected chi connectivity index (χ2v) is 6.57. The van der Waals surface area contributed by atoms with Gasteiger partial charge in [0.2, 0.25) is 0 Å². The summed E-state index contributed by atoms with van der Waals surface area (Å²) < 4.78 is 0.